The monoisotopic (exact) mass is 629 g/mol. The van der Waals surface area contributed by atoms with Gasteiger partial charge in [-0.25, -0.2) is 4.98 Å². The molecule has 0 aromatic carbocycles. The average Bonchev–Trinajstić information content (AvgIpc) is 3.59. The predicted molar refractivity (Wildman–Crippen MR) is 172 cm³/mol. The number of aliphatic hydroxyl groups is 1. The highest BCUT2D eigenvalue weighted by Gasteiger charge is 2.49. The molecule has 250 valence electrons. The lowest BCUT2D eigenvalue weighted by Crippen LogP contribution is -2.43. The number of hydrogen-bond acceptors (Lipinski definition) is 8. The highest BCUT2D eigenvalue weighted by atomic mass is 19.1. The third kappa shape index (κ3) is 10.5. The van der Waals surface area contributed by atoms with Crippen molar-refractivity contribution < 1.29 is 28.6 Å². The molecule has 1 saturated heterocycles. The van der Waals surface area contributed by atoms with E-state index in [4.69, 9.17) is 15.9 Å². The number of terminal acetylenes is 1. The normalized spacial score (nSPS) is 19.7. The molecule has 0 spiro atoms. The summed E-state index contributed by atoms with van der Waals surface area (Å²) in [4.78, 5) is 37.4. The molecule has 2 aromatic rings. The number of imidazole rings is 1. The van der Waals surface area contributed by atoms with Crippen LogP contribution >= 0.6 is 0 Å². The molecule has 2 aromatic heterocycles. The van der Waals surface area contributed by atoms with E-state index in [0.717, 1.165) is 32.1 Å². The second-order valence-corrected chi connectivity index (χ2v) is 12.2. The molecule has 3 atom stereocenters. The summed E-state index contributed by atoms with van der Waals surface area (Å²) in [6.07, 6.45) is 20.5. The summed E-state index contributed by atoms with van der Waals surface area (Å²) in [7, 11) is 0. The number of aliphatic hydroxyl groups excluding tert-OH is 1. The van der Waals surface area contributed by atoms with Crippen molar-refractivity contribution in [3.05, 3.63) is 12.4 Å². The number of nitrogens with one attached hydrogen (secondary N) is 1. The lowest BCUT2D eigenvalue weighted by molar-refractivity contribution is -0.161. The zero-order valence-corrected chi connectivity index (χ0v) is 27.4. The maximum atomic E-state index is 14.5. The number of carbonyl (C=O) groups excluding carboxylic acids is 2. The molecule has 2 N–H and O–H groups in total. The van der Waals surface area contributed by atoms with Gasteiger partial charge in [-0.1, -0.05) is 104 Å². The van der Waals surface area contributed by atoms with Crippen molar-refractivity contribution in [2.75, 3.05) is 11.9 Å². The number of amides is 1. The number of ether oxygens (including phenoxy) is 2. The largest absolute Gasteiger partial charge is 0.461 e. The van der Waals surface area contributed by atoms with Crippen molar-refractivity contribution in [3.8, 4) is 12.3 Å². The summed E-state index contributed by atoms with van der Waals surface area (Å²) in [6.45, 7) is 5.92. The number of esters is 1. The summed E-state index contributed by atoms with van der Waals surface area (Å²) in [5, 5.41) is 13.6. The van der Waals surface area contributed by atoms with Crippen LogP contribution in [0.15, 0.2) is 6.33 Å². The first-order valence-electron chi connectivity index (χ1n) is 17.0. The van der Waals surface area contributed by atoms with Crippen molar-refractivity contribution in [3.63, 3.8) is 0 Å². The first kappa shape index (κ1) is 36.4. The van der Waals surface area contributed by atoms with Crippen LogP contribution in [0.3, 0.4) is 0 Å². The van der Waals surface area contributed by atoms with Gasteiger partial charge < -0.3 is 19.9 Å². The number of aromatic nitrogens is 4. The van der Waals surface area contributed by atoms with Crippen LogP contribution in [0.5, 0.6) is 0 Å². The summed E-state index contributed by atoms with van der Waals surface area (Å²) < 4.78 is 27.6. The molecule has 0 bridgehead atoms. The molecule has 11 heteroatoms. The Morgan fingerprint density at radius 3 is 2.29 bits per heavy atom. The van der Waals surface area contributed by atoms with Crippen molar-refractivity contribution >= 4 is 28.9 Å². The zero-order chi connectivity index (χ0) is 32.7. The van der Waals surface area contributed by atoms with E-state index in [9.17, 15) is 19.1 Å². The number of unbranched alkanes of at least 4 members (excludes halogenated alkanes) is 10. The van der Waals surface area contributed by atoms with Gasteiger partial charge in [-0.2, -0.15) is 14.4 Å². The van der Waals surface area contributed by atoms with E-state index >= 15 is 0 Å². The molecule has 0 radical (unpaired) electrons. The fourth-order valence-electron chi connectivity index (χ4n) is 5.93. The van der Waals surface area contributed by atoms with Crippen molar-refractivity contribution in [1.82, 2.24) is 19.5 Å². The van der Waals surface area contributed by atoms with Crippen molar-refractivity contribution in [2.45, 2.75) is 148 Å². The molecule has 3 rings (SSSR count). The van der Waals surface area contributed by atoms with Gasteiger partial charge in [0.15, 0.2) is 22.6 Å². The number of anilines is 1. The highest BCUT2D eigenvalue weighted by molar-refractivity contribution is 5.96. The Balaban J connectivity index is 1.55. The van der Waals surface area contributed by atoms with Crippen LogP contribution < -0.4 is 5.32 Å². The Morgan fingerprint density at radius 2 is 1.69 bits per heavy atom. The fraction of sp³-hybridized carbons (Fsp3) is 0.735. The molecule has 10 nitrogen and oxygen atoms in total. The Kier molecular flexibility index (Phi) is 15.2. The predicted octanol–water partition coefficient (Wildman–Crippen LogP) is 7.02. The molecule has 1 aliphatic heterocycles. The summed E-state index contributed by atoms with van der Waals surface area (Å²) >= 11 is 0. The minimum absolute atomic E-state index is 0.0297. The van der Waals surface area contributed by atoms with E-state index < -0.39 is 24.0 Å². The molecule has 0 aliphatic carbocycles. The third-order valence-corrected chi connectivity index (χ3v) is 8.56. The highest BCUT2D eigenvalue weighted by Crippen LogP contribution is 2.38. The molecule has 0 unspecified atom stereocenters. The molecule has 3 heterocycles. The van der Waals surface area contributed by atoms with Gasteiger partial charge in [-0.3, -0.25) is 14.2 Å². The van der Waals surface area contributed by atoms with Crippen LogP contribution in [-0.4, -0.2) is 54.8 Å². The van der Waals surface area contributed by atoms with Gasteiger partial charge in [0, 0.05) is 12.8 Å². The Hall–Kier alpha value is -3.10. The number of nitrogens with zero attached hydrogens (tertiary/aromatic N) is 4. The van der Waals surface area contributed by atoms with Crippen LogP contribution in [-0.2, 0) is 19.1 Å². The molecule has 0 saturated carbocycles. The molecule has 45 heavy (non-hydrogen) atoms. The molecule has 1 fully saturated rings. The van der Waals surface area contributed by atoms with E-state index in [-0.39, 0.29) is 47.8 Å². The Bertz CT molecular complexity index is 1260. The van der Waals surface area contributed by atoms with Crippen LogP contribution in [0.25, 0.3) is 11.2 Å². The van der Waals surface area contributed by atoms with Crippen LogP contribution in [0.2, 0.25) is 0 Å². The van der Waals surface area contributed by atoms with E-state index in [0.29, 0.717) is 19.3 Å². The lowest BCUT2D eigenvalue weighted by Gasteiger charge is -2.27. The topological polar surface area (TPSA) is 128 Å². The third-order valence-electron chi connectivity index (χ3n) is 8.56. The van der Waals surface area contributed by atoms with Crippen LogP contribution in [0.1, 0.15) is 136 Å². The maximum Gasteiger partial charge on any atom is 0.312 e. The molecular formula is C34H52FN5O5. The Labute approximate surface area is 267 Å². The number of hydrogen-bond donors (Lipinski definition) is 2. The van der Waals surface area contributed by atoms with Gasteiger partial charge >= 0.3 is 12.0 Å². The minimum atomic E-state index is -1.59. The average molecular weight is 630 g/mol. The maximum absolute atomic E-state index is 14.5. The quantitative estimate of drug-likeness (QED) is 0.0653. The van der Waals surface area contributed by atoms with Gasteiger partial charge in [0.05, 0.1) is 12.2 Å². The molecule has 1 amide bonds. The minimum Gasteiger partial charge on any atom is -0.461 e. The number of halogens is 1. The zero-order valence-electron chi connectivity index (χ0n) is 27.4. The van der Waals surface area contributed by atoms with Gasteiger partial charge in [-0.15, -0.1) is 6.42 Å². The fourth-order valence-corrected chi connectivity index (χ4v) is 5.93. The van der Waals surface area contributed by atoms with E-state index in [1.807, 2.05) is 13.8 Å². The van der Waals surface area contributed by atoms with Crippen molar-refractivity contribution in [1.29, 1.82) is 0 Å². The van der Waals surface area contributed by atoms with Gasteiger partial charge in [-0.05, 0) is 19.3 Å². The lowest BCUT2D eigenvalue weighted by atomic mass is 9.97. The van der Waals surface area contributed by atoms with E-state index in [2.05, 4.69) is 33.1 Å². The van der Waals surface area contributed by atoms with Gasteiger partial charge in [0.2, 0.25) is 5.91 Å². The summed E-state index contributed by atoms with van der Waals surface area (Å²) in [6, 6.07) is 0. The number of fused-ring (bicyclic) bond motifs is 1. The number of rotatable bonds is 21. The van der Waals surface area contributed by atoms with Gasteiger partial charge in [0.25, 0.3) is 0 Å². The van der Waals surface area contributed by atoms with Crippen LogP contribution in [0.4, 0.5) is 10.2 Å². The first-order chi connectivity index (χ1) is 21.8. The Morgan fingerprint density at radius 1 is 1.07 bits per heavy atom. The number of carbonyl (C=O) groups is 2. The van der Waals surface area contributed by atoms with Crippen LogP contribution in [0, 0.1) is 24.3 Å². The SMILES string of the molecule is C#C[C@]1(COC(=O)C(CCC)CCC)O[C@@H](n2cnc3c(NC(=O)CCCCCCCCCCCCC)nc(F)nc32)C[C@@H]1O. The summed E-state index contributed by atoms with van der Waals surface area (Å²) in [5.41, 5.74) is -1.31. The molecule has 1 aliphatic rings. The standard InChI is InChI=1S/C34H52FN5O5/c1-5-9-10-11-12-13-14-15-16-17-18-21-27(42)37-30-29-31(39-33(35)38-30)40(24-36-29)28-22-26(41)34(8-4,45-28)23-44-32(43)25(19-6-2)20-7-3/h4,24-26,28,41H,5-7,9-23H2,1-3H3,(H,37,38,39,42)/t26-,28+,34+/m0/s1. The second kappa shape index (κ2) is 18.8. The smallest absolute Gasteiger partial charge is 0.312 e. The van der Waals surface area contributed by atoms with Crippen molar-refractivity contribution in [2.24, 2.45) is 5.92 Å². The van der Waals surface area contributed by atoms with E-state index in [1.165, 1.54) is 62.3 Å². The summed E-state index contributed by atoms with van der Waals surface area (Å²) in [5.74, 6) is 1.56. The second-order valence-electron chi connectivity index (χ2n) is 12.2. The first-order valence-corrected chi connectivity index (χ1v) is 17.0. The molecular weight excluding hydrogens is 577 g/mol. The van der Waals surface area contributed by atoms with Gasteiger partial charge in [0.1, 0.15) is 18.9 Å². The van der Waals surface area contributed by atoms with E-state index in [1.54, 1.807) is 0 Å².